The Bertz CT molecular complexity index is 1090. The number of rotatable bonds is 8. The Balaban J connectivity index is 1.67. The molecule has 0 aliphatic carbocycles. The van der Waals surface area contributed by atoms with Crippen molar-refractivity contribution < 1.29 is 27.5 Å². The van der Waals surface area contributed by atoms with E-state index in [1.54, 1.807) is 50.5 Å². The number of methoxy groups -OCH3 is 1. The van der Waals surface area contributed by atoms with Crippen molar-refractivity contribution >= 4 is 27.5 Å². The molecule has 2 aromatic carbocycles. The van der Waals surface area contributed by atoms with Crippen LogP contribution in [0.4, 0.5) is 5.69 Å². The first-order chi connectivity index (χ1) is 15.7. The molecular weight excluding hydrogens is 446 g/mol. The van der Waals surface area contributed by atoms with E-state index >= 15 is 0 Å². The van der Waals surface area contributed by atoms with Gasteiger partial charge in [-0.05, 0) is 54.4 Å². The first kappa shape index (κ1) is 24.7. The topological polar surface area (TPSA) is 105 Å². The highest BCUT2D eigenvalue weighted by atomic mass is 32.2. The summed E-state index contributed by atoms with van der Waals surface area (Å²) in [4.78, 5) is 26.1. The quantitative estimate of drug-likeness (QED) is 0.626. The van der Waals surface area contributed by atoms with Gasteiger partial charge in [0.05, 0.1) is 25.2 Å². The number of hydrogen-bond acceptors (Lipinski definition) is 6. The van der Waals surface area contributed by atoms with Crippen LogP contribution in [-0.4, -0.2) is 76.9 Å². The van der Waals surface area contributed by atoms with E-state index in [0.717, 1.165) is 0 Å². The molecule has 3 rings (SSSR count). The minimum atomic E-state index is -3.65. The van der Waals surface area contributed by atoms with Crippen LogP contribution in [0.5, 0.6) is 5.75 Å². The largest absolute Gasteiger partial charge is 0.496 e. The van der Waals surface area contributed by atoms with E-state index in [4.69, 9.17) is 9.47 Å². The third-order valence-corrected chi connectivity index (χ3v) is 7.20. The second kappa shape index (κ2) is 10.8. The van der Waals surface area contributed by atoms with Gasteiger partial charge in [-0.15, -0.1) is 0 Å². The van der Waals surface area contributed by atoms with E-state index in [2.05, 4.69) is 5.32 Å². The summed E-state index contributed by atoms with van der Waals surface area (Å²) in [6.45, 7) is 1.36. The van der Waals surface area contributed by atoms with Crippen molar-refractivity contribution in [3.05, 3.63) is 53.6 Å². The van der Waals surface area contributed by atoms with Crippen LogP contribution < -0.4 is 10.1 Å². The average Bonchev–Trinajstić information content (AvgIpc) is 2.83. The van der Waals surface area contributed by atoms with Crippen molar-refractivity contribution in [2.75, 3.05) is 52.8 Å². The smallest absolute Gasteiger partial charge is 0.253 e. The summed E-state index contributed by atoms with van der Waals surface area (Å²) >= 11 is 0. The summed E-state index contributed by atoms with van der Waals surface area (Å²) in [5, 5.41) is 2.80. The van der Waals surface area contributed by atoms with E-state index in [9.17, 15) is 18.0 Å². The third kappa shape index (κ3) is 6.10. The first-order valence-corrected chi connectivity index (χ1v) is 12.0. The van der Waals surface area contributed by atoms with Gasteiger partial charge in [0, 0.05) is 44.9 Å². The standard InChI is InChI=1S/C23H29N3O6S/c1-25(2)23(28)17-4-7-19(8-5-17)24-22(27)11-6-18-16-20(9-10-21(18)31-3)33(29,30)26-12-14-32-15-13-26/h4-5,7-10,16H,6,11-15H2,1-3H3,(H,24,27). The Labute approximate surface area is 194 Å². The molecular formula is C23H29N3O6S. The molecule has 0 bridgehead atoms. The Morgan fingerprint density at radius 1 is 1.09 bits per heavy atom. The molecule has 0 unspecified atom stereocenters. The van der Waals surface area contributed by atoms with Crippen molar-refractivity contribution in [2.45, 2.75) is 17.7 Å². The van der Waals surface area contributed by atoms with Crippen molar-refractivity contribution in [1.82, 2.24) is 9.21 Å². The number of carbonyl (C=O) groups excluding carboxylic acids is 2. The van der Waals surface area contributed by atoms with E-state index in [1.807, 2.05) is 0 Å². The lowest BCUT2D eigenvalue weighted by Gasteiger charge is -2.26. The number of nitrogens with zero attached hydrogens (tertiary/aromatic N) is 2. The molecule has 0 spiro atoms. The molecule has 1 aliphatic heterocycles. The summed E-state index contributed by atoms with van der Waals surface area (Å²) in [6, 6.07) is 11.3. The second-order valence-corrected chi connectivity index (χ2v) is 9.75. The van der Waals surface area contributed by atoms with Gasteiger partial charge in [0.1, 0.15) is 5.75 Å². The van der Waals surface area contributed by atoms with Gasteiger partial charge in [0.2, 0.25) is 15.9 Å². The highest BCUT2D eigenvalue weighted by Crippen LogP contribution is 2.26. The number of hydrogen-bond donors (Lipinski definition) is 1. The molecule has 0 radical (unpaired) electrons. The molecule has 1 fully saturated rings. The van der Waals surface area contributed by atoms with Crippen LogP contribution in [0.1, 0.15) is 22.3 Å². The maximum absolute atomic E-state index is 13.0. The average molecular weight is 476 g/mol. The number of morpholine rings is 1. The van der Waals surface area contributed by atoms with Gasteiger partial charge in [-0.2, -0.15) is 4.31 Å². The number of benzene rings is 2. The zero-order valence-corrected chi connectivity index (χ0v) is 19.9. The molecule has 1 heterocycles. The van der Waals surface area contributed by atoms with Gasteiger partial charge in [0.15, 0.2) is 0 Å². The summed E-state index contributed by atoms with van der Waals surface area (Å²) in [6.07, 6.45) is 0.439. The van der Waals surface area contributed by atoms with Crippen molar-refractivity contribution in [1.29, 1.82) is 0 Å². The fourth-order valence-electron chi connectivity index (χ4n) is 3.47. The number of amides is 2. The number of anilines is 1. The molecule has 2 aromatic rings. The number of nitrogens with one attached hydrogen (secondary N) is 1. The highest BCUT2D eigenvalue weighted by molar-refractivity contribution is 7.89. The first-order valence-electron chi connectivity index (χ1n) is 10.6. The van der Waals surface area contributed by atoms with E-state index < -0.39 is 10.0 Å². The van der Waals surface area contributed by atoms with Crippen LogP contribution in [-0.2, 0) is 26.0 Å². The predicted octanol–water partition coefficient (Wildman–Crippen LogP) is 1.99. The van der Waals surface area contributed by atoms with Crippen LogP contribution in [0.3, 0.4) is 0 Å². The Morgan fingerprint density at radius 3 is 2.36 bits per heavy atom. The number of aryl methyl sites for hydroxylation is 1. The molecule has 178 valence electrons. The minimum Gasteiger partial charge on any atom is -0.496 e. The van der Waals surface area contributed by atoms with Gasteiger partial charge in [-0.3, -0.25) is 9.59 Å². The molecule has 9 nitrogen and oxygen atoms in total. The zero-order chi connectivity index (χ0) is 24.0. The Morgan fingerprint density at radius 2 is 1.76 bits per heavy atom. The molecule has 33 heavy (non-hydrogen) atoms. The van der Waals surface area contributed by atoms with Gasteiger partial charge in [-0.25, -0.2) is 8.42 Å². The third-order valence-electron chi connectivity index (χ3n) is 5.30. The fraction of sp³-hybridized carbons (Fsp3) is 0.391. The SMILES string of the molecule is COc1ccc(S(=O)(=O)N2CCOCC2)cc1CCC(=O)Nc1ccc(C(=O)N(C)C)cc1. The maximum atomic E-state index is 13.0. The number of carbonyl (C=O) groups is 2. The summed E-state index contributed by atoms with van der Waals surface area (Å²) in [5.74, 6) is 0.173. The normalized spacial score (nSPS) is 14.5. The Hall–Kier alpha value is -2.95. The zero-order valence-electron chi connectivity index (χ0n) is 19.0. The molecule has 0 aromatic heterocycles. The summed E-state index contributed by atoms with van der Waals surface area (Å²) < 4.78 is 37.9. The van der Waals surface area contributed by atoms with Crippen molar-refractivity contribution in [2.24, 2.45) is 0 Å². The minimum absolute atomic E-state index is 0.119. The van der Waals surface area contributed by atoms with Gasteiger partial charge in [0.25, 0.3) is 5.91 Å². The molecule has 0 atom stereocenters. The van der Waals surface area contributed by atoms with Crippen LogP contribution in [0.2, 0.25) is 0 Å². The van der Waals surface area contributed by atoms with Crippen LogP contribution in [0.15, 0.2) is 47.4 Å². The lowest BCUT2D eigenvalue weighted by Crippen LogP contribution is -2.40. The predicted molar refractivity (Wildman–Crippen MR) is 124 cm³/mol. The molecule has 1 N–H and O–H groups in total. The number of ether oxygens (including phenoxy) is 2. The van der Waals surface area contributed by atoms with Crippen molar-refractivity contribution in [3.8, 4) is 5.75 Å². The maximum Gasteiger partial charge on any atom is 0.253 e. The molecule has 2 amide bonds. The van der Waals surface area contributed by atoms with E-state index in [0.29, 0.717) is 55.3 Å². The van der Waals surface area contributed by atoms with Gasteiger partial charge >= 0.3 is 0 Å². The Kier molecular flexibility index (Phi) is 8.06. The second-order valence-electron chi connectivity index (χ2n) is 7.82. The molecule has 1 saturated heterocycles. The molecule has 1 aliphatic rings. The highest BCUT2D eigenvalue weighted by Gasteiger charge is 2.27. The summed E-state index contributed by atoms with van der Waals surface area (Å²) in [7, 11) is 1.21. The van der Waals surface area contributed by atoms with E-state index in [1.165, 1.54) is 22.4 Å². The number of sulfonamides is 1. The van der Waals surface area contributed by atoms with Crippen molar-refractivity contribution in [3.63, 3.8) is 0 Å². The van der Waals surface area contributed by atoms with Crippen LogP contribution in [0, 0.1) is 0 Å². The molecule has 10 heteroatoms. The van der Waals surface area contributed by atoms with E-state index in [-0.39, 0.29) is 23.1 Å². The van der Waals surface area contributed by atoms with Gasteiger partial charge in [-0.1, -0.05) is 0 Å². The monoisotopic (exact) mass is 475 g/mol. The van der Waals surface area contributed by atoms with Gasteiger partial charge < -0.3 is 19.7 Å². The van der Waals surface area contributed by atoms with Crippen LogP contribution >= 0.6 is 0 Å². The lowest BCUT2D eigenvalue weighted by molar-refractivity contribution is -0.116. The van der Waals surface area contributed by atoms with Crippen LogP contribution in [0.25, 0.3) is 0 Å². The molecule has 0 saturated carbocycles. The fourth-order valence-corrected chi connectivity index (χ4v) is 4.93. The lowest BCUT2D eigenvalue weighted by atomic mass is 10.1. The summed E-state index contributed by atoms with van der Waals surface area (Å²) in [5.41, 5.74) is 1.74.